The summed E-state index contributed by atoms with van der Waals surface area (Å²) >= 11 is 0. The number of anilines is 1. The minimum absolute atomic E-state index is 0.161. The summed E-state index contributed by atoms with van der Waals surface area (Å²) in [6, 6.07) is 11.3. The Hall–Kier alpha value is -3.35. The zero-order chi connectivity index (χ0) is 20.3. The largest absolute Gasteiger partial charge is 0.497 e. The van der Waals surface area contributed by atoms with E-state index in [4.69, 9.17) is 9.47 Å². The van der Waals surface area contributed by atoms with Gasteiger partial charge in [0.1, 0.15) is 17.3 Å². The number of nitrogens with one attached hydrogen (secondary N) is 1. The van der Waals surface area contributed by atoms with Gasteiger partial charge in [0.2, 0.25) is 5.91 Å². The lowest BCUT2D eigenvalue weighted by atomic mass is 10.1. The van der Waals surface area contributed by atoms with Crippen molar-refractivity contribution in [2.75, 3.05) is 19.5 Å². The van der Waals surface area contributed by atoms with Gasteiger partial charge in [-0.05, 0) is 50.2 Å². The number of hydrogen-bond donors (Lipinski definition) is 1. The lowest BCUT2D eigenvalue weighted by Gasteiger charge is -2.12. The van der Waals surface area contributed by atoms with Gasteiger partial charge in [-0.2, -0.15) is 5.10 Å². The van der Waals surface area contributed by atoms with Crippen LogP contribution >= 0.6 is 0 Å². The minimum Gasteiger partial charge on any atom is -0.497 e. The molecular formula is C21H22FN3O3. The molecule has 0 atom stereocenters. The van der Waals surface area contributed by atoms with Gasteiger partial charge >= 0.3 is 0 Å². The van der Waals surface area contributed by atoms with Crippen molar-refractivity contribution in [1.29, 1.82) is 0 Å². The Bertz CT molecular complexity index is 997. The molecule has 0 aliphatic heterocycles. The van der Waals surface area contributed by atoms with Gasteiger partial charge in [-0.15, -0.1) is 0 Å². The Morgan fingerprint density at radius 3 is 2.46 bits per heavy atom. The summed E-state index contributed by atoms with van der Waals surface area (Å²) in [7, 11) is 3.10. The number of ether oxygens (including phenoxy) is 2. The Balaban J connectivity index is 1.80. The second kappa shape index (κ2) is 8.12. The molecule has 0 unspecified atom stereocenters. The molecular weight excluding hydrogens is 361 g/mol. The summed E-state index contributed by atoms with van der Waals surface area (Å²) in [5.74, 6) is 0.664. The van der Waals surface area contributed by atoms with E-state index in [1.54, 1.807) is 42.1 Å². The fraction of sp³-hybridized carbons (Fsp3) is 0.238. The Labute approximate surface area is 162 Å². The molecule has 2 aromatic carbocycles. The minimum atomic E-state index is -0.307. The molecule has 1 heterocycles. The predicted molar refractivity (Wildman–Crippen MR) is 105 cm³/mol. The molecule has 0 aliphatic carbocycles. The molecule has 1 amide bonds. The molecule has 0 spiro atoms. The van der Waals surface area contributed by atoms with Crippen LogP contribution in [0.2, 0.25) is 0 Å². The van der Waals surface area contributed by atoms with Crippen molar-refractivity contribution in [3.05, 3.63) is 65.2 Å². The van der Waals surface area contributed by atoms with Crippen molar-refractivity contribution >= 4 is 11.6 Å². The second-order valence-corrected chi connectivity index (χ2v) is 6.33. The summed E-state index contributed by atoms with van der Waals surface area (Å²) < 4.78 is 25.4. The van der Waals surface area contributed by atoms with E-state index in [0.717, 1.165) is 22.6 Å². The maximum Gasteiger partial charge on any atom is 0.229 e. The molecule has 0 saturated heterocycles. The van der Waals surface area contributed by atoms with Crippen LogP contribution in [-0.4, -0.2) is 29.9 Å². The predicted octanol–water partition coefficient (Wildman–Crippen LogP) is 3.83. The first-order valence-electron chi connectivity index (χ1n) is 8.76. The molecule has 3 rings (SSSR count). The van der Waals surface area contributed by atoms with E-state index in [-0.39, 0.29) is 18.1 Å². The number of benzene rings is 2. The number of methoxy groups -OCH3 is 2. The van der Waals surface area contributed by atoms with E-state index in [1.165, 1.54) is 19.2 Å². The van der Waals surface area contributed by atoms with Crippen LogP contribution in [0.5, 0.6) is 11.5 Å². The average molecular weight is 383 g/mol. The van der Waals surface area contributed by atoms with E-state index >= 15 is 0 Å². The van der Waals surface area contributed by atoms with Crippen LogP contribution < -0.4 is 14.8 Å². The van der Waals surface area contributed by atoms with Crippen molar-refractivity contribution in [2.45, 2.75) is 20.3 Å². The number of hydrogen-bond acceptors (Lipinski definition) is 4. The fourth-order valence-electron chi connectivity index (χ4n) is 3.02. The SMILES string of the molecule is COc1ccc(NC(=O)Cc2c(C)nn(-c3ccc(F)cc3)c2C)c(OC)c1. The summed E-state index contributed by atoms with van der Waals surface area (Å²) in [5, 5.41) is 7.37. The molecule has 7 heteroatoms. The van der Waals surface area contributed by atoms with Crippen LogP contribution in [0, 0.1) is 19.7 Å². The van der Waals surface area contributed by atoms with Crippen molar-refractivity contribution in [1.82, 2.24) is 9.78 Å². The highest BCUT2D eigenvalue weighted by Gasteiger charge is 2.17. The molecule has 0 fully saturated rings. The number of carbonyl (C=O) groups excluding carboxylic acids is 1. The summed E-state index contributed by atoms with van der Waals surface area (Å²) in [6.45, 7) is 3.74. The van der Waals surface area contributed by atoms with Gasteiger partial charge in [-0.25, -0.2) is 9.07 Å². The maximum absolute atomic E-state index is 13.2. The standard InChI is InChI=1S/C21H22FN3O3/c1-13-18(14(2)25(24-13)16-7-5-15(22)6-8-16)12-21(26)23-19-10-9-17(27-3)11-20(19)28-4/h5-11H,12H2,1-4H3,(H,23,26). The molecule has 1 aromatic heterocycles. The van der Waals surface area contributed by atoms with Gasteiger partial charge < -0.3 is 14.8 Å². The van der Waals surface area contributed by atoms with E-state index in [2.05, 4.69) is 10.4 Å². The van der Waals surface area contributed by atoms with Gasteiger partial charge in [0, 0.05) is 17.3 Å². The third-order valence-corrected chi connectivity index (χ3v) is 4.53. The first kappa shape index (κ1) is 19.4. The fourth-order valence-corrected chi connectivity index (χ4v) is 3.02. The number of rotatable bonds is 6. The van der Waals surface area contributed by atoms with Gasteiger partial charge in [0.15, 0.2) is 0 Å². The Kier molecular flexibility index (Phi) is 5.63. The monoisotopic (exact) mass is 383 g/mol. The summed E-state index contributed by atoms with van der Waals surface area (Å²) in [4.78, 5) is 12.6. The first-order chi connectivity index (χ1) is 13.4. The Morgan fingerprint density at radius 1 is 1.11 bits per heavy atom. The van der Waals surface area contributed by atoms with Crippen LogP contribution in [0.4, 0.5) is 10.1 Å². The third kappa shape index (κ3) is 3.98. The molecule has 0 bridgehead atoms. The van der Waals surface area contributed by atoms with E-state index < -0.39 is 0 Å². The third-order valence-electron chi connectivity index (χ3n) is 4.53. The number of carbonyl (C=O) groups is 1. The number of aryl methyl sites for hydroxylation is 1. The molecule has 0 aliphatic rings. The van der Waals surface area contributed by atoms with Crippen LogP contribution in [0.1, 0.15) is 17.0 Å². The number of aromatic nitrogens is 2. The van der Waals surface area contributed by atoms with Crippen molar-refractivity contribution in [2.24, 2.45) is 0 Å². The van der Waals surface area contributed by atoms with Crippen LogP contribution in [0.15, 0.2) is 42.5 Å². The van der Waals surface area contributed by atoms with Crippen LogP contribution in [0.25, 0.3) is 5.69 Å². The highest BCUT2D eigenvalue weighted by Crippen LogP contribution is 2.29. The smallest absolute Gasteiger partial charge is 0.229 e. The molecule has 28 heavy (non-hydrogen) atoms. The van der Waals surface area contributed by atoms with Gasteiger partial charge in [0.05, 0.1) is 37.7 Å². The van der Waals surface area contributed by atoms with E-state index in [0.29, 0.717) is 17.2 Å². The van der Waals surface area contributed by atoms with Gasteiger partial charge in [-0.3, -0.25) is 4.79 Å². The average Bonchev–Trinajstić information content (AvgIpc) is 2.97. The Morgan fingerprint density at radius 2 is 1.82 bits per heavy atom. The van der Waals surface area contributed by atoms with Gasteiger partial charge in [-0.1, -0.05) is 0 Å². The van der Waals surface area contributed by atoms with Crippen LogP contribution in [-0.2, 0) is 11.2 Å². The van der Waals surface area contributed by atoms with Gasteiger partial charge in [0.25, 0.3) is 0 Å². The summed E-state index contributed by atoms with van der Waals surface area (Å²) in [5.41, 5.74) is 3.72. The number of nitrogens with zero attached hydrogens (tertiary/aromatic N) is 2. The first-order valence-corrected chi connectivity index (χ1v) is 8.76. The van der Waals surface area contributed by atoms with Crippen molar-refractivity contribution in [3.8, 4) is 17.2 Å². The molecule has 0 radical (unpaired) electrons. The number of amides is 1. The quantitative estimate of drug-likeness (QED) is 0.703. The molecule has 0 saturated carbocycles. The molecule has 1 N–H and O–H groups in total. The normalized spacial score (nSPS) is 10.6. The lowest BCUT2D eigenvalue weighted by Crippen LogP contribution is -2.16. The van der Waals surface area contributed by atoms with E-state index in [9.17, 15) is 9.18 Å². The van der Waals surface area contributed by atoms with Crippen molar-refractivity contribution < 1.29 is 18.7 Å². The number of halogens is 1. The molecule has 3 aromatic rings. The van der Waals surface area contributed by atoms with E-state index in [1.807, 2.05) is 13.8 Å². The highest BCUT2D eigenvalue weighted by molar-refractivity contribution is 5.94. The summed E-state index contributed by atoms with van der Waals surface area (Å²) in [6.07, 6.45) is 0.161. The molecule has 146 valence electrons. The molecule has 6 nitrogen and oxygen atoms in total. The highest BCUT2D eigenvalue weighted by atomic mass is 19.1. The van der Waals surface area contributed by atoms with Crippen molar-refractivity contribution in [3.63, 3.8) is 0 Å². The topological polar surface area (TPSA) is 65.4 Å². The second-order valence-electron chi connectivity index (χ2n) is 6.33. The maximum atomic E-state index is 13.2. The lowest BCUT2D eigenvalue weighted by molar-refractivity contribution is -0.115. The van der Waals surface area contributed by atoms with Crippen LogP contribution in [0.3, 0.4) is 0 Å². The zero-order valence-electron chi connectivity index (χ0n) is 16.2. The zero-order valence-corrected chi connectivity index (χ0v) is 16.2.